The topological polar surface area (TPSA) is 73.8 Å². The smallest absolute Gasteiger partial charge is 0.315 e. The summed E-state index contributed by atoms with van der Waals surface area (Å²) < 4.78 is 5.79. The number of carbonyl (C=O) groups is 1. The number of nitrogens with one attached hydrogen (secondary N) is 2. The molecule has 25 heavy (non-hydrogen) atoms. The lowest BCUT2D eigenvalue weighted by Crippen LogP contribution is -2.44. The molecule has 0 unspecified atom stereocenters. The number of β-amino-alcohol motifs (C(OH)–C–C–N with tert-alkyl or cyclic N) is 1. The molecule has 0 bridgehead atoms. The molecule has 2 rings (SSSR count). The van der Waals surface area contributed by atoms with E-state index < -0.39 is 6.10 Å². The summed E-state index contributed by atoms with van der Waals surface area (Å²) in [5.41, 5.74) is 3.42. The minimum Gasteiger partial charge on any atom is -0.491 e. The van der Waals surface area contributed by atoms with E-state index in [1.165, 1.54) is 18.4 Å². The van der Waals surface area contributed by atoms with Crippen LogP contribution in [0.2, 0.25) is 0 Å². The van der Waals surface area contributed by atoms with Crippen LogP contribution in [0.15, 0.2) is 12.1 Å². The van der Waals surface area contributed by atoms with Crippen LogP contribution < -0.4 is 15.4 Å². The van der Waals surface area contributed by atoms with Crippen LogP contribution in [-0.2, 0) is 0 Å². The van der Waals surface area contributed by atoms with Crippen LogP contribution in [0.25, 0.3) is 0 Å². The van der Waals surface area contributed by atoms with Gasteiger partial charge in [-0.05, 0) is 57.8 Å². The van der Waals surface area contributed by atoms with Crippen LogP contribution in [0.1, 0.15) is 29.5 Å². The van der Waals surface area contributed by atoms with E-state index in [1.807, 2.05) is 13.8 Å². The molecule has 1 aromatic rings. The van der Waals surface area contributed by atoms with Gasteiger partial charge < -0.3 is 25.4 Å². The van der Waals surface area contributed by atoms with E-state index in [1.54, 1.807) is 0 Å². The van der Waals surface area contributed by atoms with Gasteiger partial charge in [-0.2, -0.15) is 0 Å². The highest BCUT2D eigenvalue weighted by Gasteiger charge is 2.16. The zero-order chi connectivity index (χ0) is 18.2. The van der Waals surface area contributed by atoms with E-state index in [9.17, 15) is 9.90 Å². The van der Waals surface area contributed by atoms with Crippen LogP contribution >= 0.6 is 0 Å². The Morgan fingerprint density at radius 1 is 1.20 bits per heavy atom. The third kappa shape index (κ3) is 6.55. The zero-order valence-electron chi connectivity index (χ0n) is 15.6. The Morgan fingerprint density at radius 2 is 1.84 bits per heavy atom. The van der Waals surface area contributed by atoms with E-state index in [0.717, 1.165) is 30.0 Å². The first-order valence-electron chi connectivity index (χ1n) is 9.08. The summed E-state index contributed by atoms with van der Waals surface area (Å²) in [7, 11) is 0. The highest BCUT2D eigenvalue weighted by atomic mass is 16.5. The molecule has 6 heteroatoms. The van der Waals surface area contributed by atoms with Crippen molar-refractivity contribution >= 4 is 6.03 Å². The van der Waals surface area contributed by atoms with Crippen LogP contribution in [-0.4, -0.2) is 61.5 Å². The van der Waals surface area contributed by atoms with Crippen molar-refractivity contribution in [3.8, 4) is 5.75 Å². The van der Waals surface area contributed by atoms with Crippen LogP contribution in [0, 0.1) is 20.8 Å². The van der Waals surface area contributed by atoms with Crippen LogP contribution in [0.5, 0.6) is 5.75 Å². The average Bonchev–Trinajstić information content (AvgIpc) is 3.04. The molecular formula is C19H31N3O3. The second-order valence-corrected chi connectivity index (χ2v) is 6.87. The molecule has 3 N–H and O–H groups in total. The SMILES string of the molecule is Cc1cc(C)c(OCCNC(=O)NC[C@@H](O)CN2CCCC2)c(C)c1. The van der Waals surface area contributed by atoms with Gasteiger partial charge in [-0.1, -0.05) is 17.7 Å². The molecule has 0 spiro atoms. The lowest BCUT2D eigenvalue weighted by atomic mass is 10.1. The van der Waals surface area contributed by atoms with Crippen molar-refractivity contribution in [3.05, 3.63) is 28.8 Å². The molecule has 0 aliphatic carbocycles. The maximum Gasteiger partial charge on any atom is 0.315 e. The lowest BCUT2D eigenvalue weighted by molar-refractivity contribution is 0.124. The minimum absolute atomic E-state index is 0.263. The van der Waals surface area contributed by atoms with E-state index in [-0.39, 0.29) is 12.6 Å². The predicted molar refractivity (Wildman–Crippen MR) is 99.2 cm³/mol. The number of ether oxygens (including phenoxy) is 1. The zero-order valence-corrected chi connectivity index (χ0v) is 15.6. The molecule has 1 aliphatic rings. The van der Waals surface area contributed by atoms with Gasteiger partial charge in [0.05, 0.1) is 12.6 Å². The lowest BCUT2D eigenvalue weighted by Gasteiger charge is -2.19. The number of aliphatic hydroxyl groups is 1. The van der Waals surface area contributed by atoms with Crippen molar-refractivity contribution in [2.45, 2.75) is 39.7 Å². The minimum atomic E-state index is -0.530. The Labute approximate surface area is 150 Å². The molecule has 1 aromatic carbocycles. The predicted octanol–water partition coefficient (Wildman–Crippen LogP) is 1.75. The summed E-state index contributed by atoms with van der Waals surface area (Å²) in [6.45, 7) is 9.91. The fourth-order valence-corrected chi connectivity index (χ4v) is 3.31. The molecular weight excluding hydrogens is 318 g/mol. The number of amides is 2. The first kappa shape index (κ1) is 19.5. The molecule has 0 radical (unpaired) electrons. The number of urea groups is 1. The van der Waals surface area contributed by atoms with Gasteiger partial charge in [-0.25, -0.2) is 4.79 Å². The Hall–Kier alpha value is -1.79. The maximum absolute atomic E-state index is 11.8. The van der Waals surface area contributed by atoms with Gasteiger partial charge in [-0.3, -0.25) is 0 Å². The van der Waals surface area contributed by atoms with Gasteiger partial charge in [0.25, 0.3) is 0 Å². The fourth-order valence-electron chi connectivity index (χ4n) is 3.31. The fraction of sp³-hybridized carbons (Fsp3) is 0.632. The number of hydrogen-bond donors (Lipinski definition) is 3. The first-order valence-corrected chi connectivity index (χ1v) is 9.08. The van der Waals surface area contributed by atoms with E-state index in [0.29, 0.717) is 19.7 Å². The van der Waals surface area contributed by atoms with Crippen LogP contribution in [0.3, 0.4) is 0 Å². The summed E-state index contributed by atoms with van der Waals surface area (Å²) >= 11 is 0. The van der Waals surface area contributed by atoms with Crippen LogP contribution in [0.4, 0.5) is 4.79 Å². The average molecular weight is 349 g/mol. The molecule has 0 aromatic heterocycles. The highest BCUT2D eigenvalue weighted by Crippen LogP contribution is 2.24. The molecule has 1 atom stereocenters. The quantitative estimate of drug-likeness (QED) is 0.625. The van der Waals surface area contributed by atoms with E-state index in [2.05, 4.69) is 34.6 Å². The number of likely N-dealkylation sites (tertiary alicyclic amines) is 1. The monoisotopic (exact) mass is 349 g/mol. The van der Waals surface area contributed by atoms with Gasteiger partial charge in [0, 0.05) is 13.1 Å². The standard InChI is InChI=1S/C19H31N3O3/c1-14-10-15(2)18(16(3)11-14)25-9-6-20-19(24)21-12-17(23)13-22-7-4-5-8-22/h10-11,17,23H,4-9,12-13H2,1-3H3,(H2,20,21,24)/t17-/m1/s1. The van der Waals surface area contributed by atoms with Crippen molar-refractivity contribution in [2.24, 2.45) is 0 Å². The molecule has 1 fully saturated rings. The summed E-state index contributed by atoms with van der Waals surface area (Å²) in [4.78, 5) is 14.0. The van der Waals surface area contributed by atoms with Gasteiger partial charge in [0.1, 0.15) is 12.4 Å². The summed E-state index contributed by atoms with van der Waals surface area (Å²) in [6.07, 6.45) is 1.86. The normalized spacial score (nSPS) is 15.8. The number of aliphatic hydroxyl groups excluding tert-OH is 1. The number of hydrogen-bond acceptors (Lipinski definition) is 4. The molecule has 0 saturated carbocycles. The summed E-state index contributed by atoms with van der Waals surface area (Å²) in [6, 6.07) is 3.90. The third-order valence-electron chi connectivity index (χ3n) is 4.40. The van der Waals surface area contributed by atoms with Crippen molar-refractivity contribution in [3.63, 3.8) is 0 Å². The van der Waals surface area contributed by atoms with Crippen molar-refractivity contribution < 1.29 is 14.6 Å². The number of carbonyl (C=O) groups excluding carboxylic acids is 1. The molecule has 1 saturated heterocycles. The summed E-state index contributed by atoms with van der Waals surface area (Å²) in [5.74, 6) is 0.883. The Balaban J connectivity index is 1.60. The van der Waals surface area contributed by atoms with Crippen molar-refractivity contribution in [1.82, 2.24) is 15.5 Å². The molecule has 140 valence electrons. The molecule has 2 amide bonds. The van der Waals surface area contributed by atoms with E-state index >= 15 is 0 Å². The van der Waals surface area contributed by atoms with Crippen molar-refractivity contribution in [2.75, 3.05) is 39.3 Å². The number of nitrogens with zero attached hydrogens (tertiary/aromatic N) is 1. The van der Waals surface area contributed by atoms with Gasteiger partial charge in [0.2, 0.25) is 0 Å². The second-order valence-electron chi connectivity index (χ2n) is 6.87. The van der Waals surface area contributed by atoms with Crippen molar-refractivity contribution in [1.29, 1.82) is 0 Å². The number of rotatable bonds is 8. The Morgan fingerprint density at radius 3 is 2.48 bits per heavy atom. The number of aryl methyl sites for hydroxylation is 3. The Kier molecular flexibility index (Phi) is 7.52. The Bertz CT molecular complexity index is 548. The first-order chi connectivity index (χ1) is 12.0. The number of benzene rings is 1. The second kappa shape index (κ2) is 9.63. The molecule has 6 nitrogen and oxygen atoms in total. The van der Waals surface area contributed by atoms with Gasteiger partial charge >= 0.3 is 6.03 Å². The largest absolute Gasteiger partial charge is 0.491 e. The molecule has 1 aliphatic heterocycles. The summed E-state index contributed by atoms with van der Waals surface area (Å²) in [5, 5.41) is 15.4. The molecule has 1 heterocycles. The van der Waals surface area contributed by atoms with Gasteiger partial charge in [-0.15, -0.1) is 0 Å². The maximum atomic E-state index is 11.8. The highest BCUT2D eigenvalue weighted by molar-refractivity contribution is 5.73. The third-order valence-corrected chi connectivity index (χ3v) is 4.40. The van der Waals surface area contributed by atoms with Gasteiger partial charge in [0.15, 0.2) is 0 Å². The van der Waals surface area contributed by atoms with E-state index in [4.69, 9.17) is 4.74 Å².